The molecule has 1 unspecified atom stereocenters. The molecule has 1 saturated heterocycles. The van der Waals surface area contributed by atoms with Crippen molar-refractivity contribution in [1.82, 2.24) is 10.2 Å². The Morgan fingerprint density at radius 1 is 1.32 bits per heavy atom. The van der Waals surface area contributed by atoms with Crippen LogP contribution in [0, 0.1) is 12.3 Å². The average Bonchev–Trinajstić information content (AvgIpc) is 3.18. The van der Waals surface area contributed by atoms with Crippen molar-refractivity contribution >= 4 is 5.91 Å². The molecule has 1 atom stereocenters. The summed E-state index contributed by atoms with van der Waals surface area (Å²) in [6.07, 6.45) is 2.51. The van der Waals surface area contributed by atoms with Crippen LogP contribution in [-0.2, 0) is 11.3 Å². The lowest BCUT2D eigenvalue weighted by atomic mass is 10.1. The molecular formula is C16H22N2O. The molecule has 1 heterocycles. The van der Waals surface area contributed by atoms with Gasteiger partial charge in [-0.05, 0) is 32.3 Å². The summed E-state index contributed by atoms with van der Waals surface area (Å²) in [5.74, 6) is 0.240. The Hall–Kier alpha value is -1.35. The summed E-state index contributed by atoms with van der Waals surface area (Å²) < 4.78 is 0. The highest BCUT2D eigenvalue weighted by atomic mass is 16.2. The fourth-order valence-electron chi connectivity index (χ4n) is 2.83. The Morgan fingerprint density at radius 3 is 2.63 bits per heavy atom. The van der Waals surface area contributed by atoms with Gasteiger partial charge in [0.1, 0.15) is 0 Å². The number of amides is 1. The lowest BCUT2D eigenvalue weighted by Gasteiger charge is -2.25. The smallest absolute Gasteiger partial charge is 0.239 e. The van der Waals surface area contributed by atoms with Crippen LogP contribution in [-0.4, -0.2) is 29.9 Å². The van der Waals surface area contributed by atoms with Crippen molar-refractivity contribution in [3.63, 3.8) is 0 Å². The van der Waals surface area contributed by atoms with Gasteiger partial charge in [0.05, 0.1) is 6.04 Å². The van der Waals surface area contributed by atoms with E-state index >= 15 is 0 Å². The number of hydrogen-bond donors (Lipinski definition) is 1. The van der Waals surface area contributed by atoms with E-state index < -0.39 is 0 Å². The van der Waals surface area contributed by atoms with Crippen LogP contribution in [0.25, 0.3) is 0 Å². The van der Waals surface area contributed by atoms with Crippen LogP contribution < -0.4 is 5.32 Å². The largest absolute Gasteiger partial charge is 0.336 e. The van der Waals surface area contributed by atoms with Gasteiger partial charge < -0.3 is 10.2 Å². The second kappa shape index (κ2) is 4.64. The molecule has 0 radical (unpaired) electrons. The highest BCUT2D eigenvalue weighted by Gasteiger charge is 2.47. The summed E-state index contributed by atoms with van der Waals surface area (Å²) in [5, 5.41) is 3.38. The zero-order valence-corrected chi connectivity index (χ0v) is 11.8. The minimum absolute atomic E-state index is 0.0505. The number of benzene rings is 1. The number of nitrogens with one attached hydrogen (secondary N) is 1. The summed E-state index contributed by atoms with van der Waals surface area (Å²) in [5.41, 5.74) is 2.86. The molecule has 3 heteroatoms. The van der Waals surface area contributed by atoms with E-state index in [0.29, 0.717) is 5.41 Å². The van der Waals surface area contributed by atoms with Gasteiger partial charge in [0, 0.05) is 25.0 Å². The van der Waals surface area contributed by atoms with Crippen LogP contribution >= 0.6 is 0 Å². The van der Waals surface area contributed by atoms with Crippen molar-refractivity contribution in [3.05, 3.63) is 35.4 Å². The lowest BCUT2D eigenvalue weighted by Crippen LogP contribution is -2.41. The average molecular weight is 258 g/mol. The highest BCUT2D eigenvalue weighted by molar-refractivity contribution is 5.82. The Morgan fingerprint density at radius 2 is 2.00 bits per heavy atom. The molecular weight excluding hydrogens is 236 g/mol. The normalized spacial score (nSPS) is 25.5. The van der Waals surface area contributed by atoms with Gasteiger partial charge in [-0.2, -0.15) is 0 Å². The standard InChI is InChI=1S/C16H22N2O/c1-12-3-5-14(6-4-12)9-18-11-16(7-8-16)10-17-13(2)15(18)19/h3-6,13,17H,7-11H2,1-2H3. The summed E-state index contributed by atoms with van der Waals surface area (Å²) >= 11 is 0. The summed E-state index contributed by atoms with van der Waals surface area (Å²) in [7, 11) is 0. The number of carbonyl (C=O) groups excluding carboxylic acids is 1. The van der Waals surface area contributed by atoms with Crippen molar-refractivity contribution in [1.29, 1.82) is 0 Å². The van der Waals surface area contributed by atoms with E-state index in [4.69, 9.17) is 0 Å². The molecule has 1 N–H and O–H groups in total. The minimum Gasteiger partial charge on any atom is -0.336 e. The summed E-state index contributed by atoms with van der Waals surface area (Å²) in [6, 6.07) is 8.44. The predicted octanol–water partition coefficient (Wildman–Crippen LogP) is 2.10. The highest BCUT2D eigenvalue weighted by Crippen LogP contribution is 2.46. The molecule has 3 rings (SSSR count). The topological polar surface area (TPSA) is 32.3 Å². The fourth-order valence-corrected chi connectivity index (χ4v) is 2.83. The Balaban J connectivity index is 1.76. The van der Waals surface area contributed by atoms with E-state index in [-0.39, 0.29) is 11.9 Å². The van der Waals surface area contributed by atoms with Crippen molar-refractivity contribution in [2.45, 2.75) is 39.3 Å². The van der Waals surface area contributed by atoms with Gasteiger partial charge in [-0.1, -0.05) is 29.8 Å². The number of nitrogens with zero attached hydrogens (tertiary/aromatic N) is 1. The number of aryl methyl sites for hydroxylation is 1. The fraction of sp³-hybridized carbons (Fsp3) is 0.562. The number of carbonyl (C=O) groups is 1. The van der Waals surface area contributed by atoms with Crippen molar-refractivity contribution in [2.24, 2.45) is 5.41 Å². The van der Waals surface area contributed by atoms with Gasteiger partial charge in [0.25, 0.3) is 0 Å². The van der Waals surface area contributed by atoms with Crippen LogP contribution in [0.15, 0.2) is 24.3 Å². The van der Waals surface area contributed by atoms with E-state index in [1.54, 1.807) is 0 Å². The molecule has 1 aliphatic heterocycles. The van der Waals surface area contributed by atoms with Crippen molar-refractivity contribution < 1.29 is 4.79 Å². The van der Waals surface area contributed by atoms with E-state index in [2.05, 4.69) is 36.5 Å². The van der Waals surface area contributed by atoms with Crippen molar-refractivity contribution in [2.75, 3.05) is 13.1 Å². The Kier molecular flexibility index (Phi) is 3.09. The maximum atomic E-state index is 12.4. The van der Waals surface area contributed by atoms with E-state index in [1.807, 2.05) is 11.8 Å². The molecule has 1 aromatic carbocycles. The first kappa shape index (κ1) is 12.7. The van der Waals surface area contributed by atoms with Crippen LogP contribution in [0.3, 0.4) is 0 Å². The molecule has 0 bridgehead atoms. The molecule has 1 saturated carbocycles. The van der Waals surface area contributed by atoms with Crippen LogP contribution in [0.4, 0.5) is 0 Å². The maximum absolute atomic E-state index is 12.4. The monoisotopic (exact) mass is 258 g/mol. The maximum Gasteiger partial charge on any atom is 0.239 e. The second-order valence-electron chi connectivity index (χ2n) is 6.28. The molecule has 1 spiro atoms. The third kappa shape index (κ3) is 2.66. The number of hydrogen-bond acceptors (Lipinski definition) is 2. The minimum atomic E-state index is -0.0505. The summed E-state index contributed by atoms with van der Waals surface area (Å²) in [4.78, 5) is 14.4. The van der Waals surface area contributed by atoms with Gasteiger partial charge in [-0.3, -0.25) is 4.79 Å². The third-order valence-corrected chi connectivity index (χ3v) is 4.44. The SMILES string of the molecule is Cc1ccc(CN2CC3(CC3)CNC(C)C2=O)cc1. The zero-order chi connectivity index (χ0) is 13.5. The molecule has 2 aliphatic rings. The number of rotatable bonds is 2. The lowest BCUT2D eigenvalue weighted by molar-refractivity contribution is -0.133. The zero-order valence-electron chi connectivity index (χ0n) is 11.8. The molecule has 0 aromatic heterocycles. The molecule has 2 fully saturated rings. The van der Waals surface area contributed by atoms with Gasteiger partial charge >= 0.3 is 0 Å². The summed E-state index contributed by atoms with van der Waals surface area (Å²) in [6.45, 7) is 6.71. The Bertz CT molecular complexity index is 476. The van der Waals surface area contributed by atoms with Crippen LogP contribution in [0.5, 0.6) is 0 Å². The molecule has 102 valence electrons. The first-order valence-corrected chi connectivity index (χ1v) is 7.16. The van der Waals surface area contributed by atoms with Crippen molar-refractivity contribution in [3.8, 4) is 0 Å². The van der Waals surface area contributed by atoms with Gasteiger partial charge in [0.2, 0.25) is 5.91 Å². The van der Waals surface area contributed by atoms with Gasteiger partial charge in [0.15, 0.2) is 0 Å². The second-order valence-corrected chi connectivity index (χ2v) is 6.28. The third-order valence-electron chi connectivity index (χ3n) is 4.44. The van der Waals surface area contributed by atoms with E-state index in [0.717, 1.165) is 19.6 Å². The van der Waals surface area contributed by atoms with E-state index in [1.165, 1.54) is 24.0 Å². The van der Waals surface area contributed by atoms with E-state index in [9.17, 15) is 4.79 Å². The molecule has 19 heavy (non-hydrogen) atoms. The van der Waals surface area contributed by atoms with Crippen LogP contribution in [0.2, 0.25) is 0 Å². The predicted molar refractivity (Wildman–Crippen MR) is 75.7 cm³/mol. The van der Waals surface area contributed by atoms with Gasteiger partial charge in [-0.15, -0.1) is 0 Å². The molecule has 1 aliphatic carbocycles. The first-order valence-electron chi connectivity index (χ1n) is 7.16. The molecule has 1 aromatic rings. The van der Waals surface area contributed by atoms with Crippen LogP contribution in [0.1, 0.15) is 30.9 Å². The first-order chi connectivity index (χ1) is 9.08. The quantitative estimate of drug-likeness (QED) is 0.881. The molecule has 1 amide bonds. The van der Waals surface area contributed by atoms with Gasteiger partial charge in [-0.25, -0.2) is 0 Å². The molecule has 3 nitrogen and oxygen atoms in total. The Labute approximate surface area is 115 Å².